The maximum atomic E-state index is 12.5. The fraction of sp³-hybridized carbons (Fsp3) is 0.455. The number of hydrogen-bond donors (Lipinski definition) is 1. The summed E-state index contributed by atoms with van der Waals surface area (Å²) in [6.07, 6.45) is 0. The summed E-state index contributed by atoms with van der Waals surface area (Å²) in [6.45, 7) is 2.70. The lowest BCUT2D eigenvalue weighted by molar-refractivity contribution is -0.384. The number of rotatable bonds is 6. The molecule has 1 rings (SSSR count). The standard InChI is InChI=1S/C11H14Cl2N2O5S/c1-7(2)14(5-6-16)21(19,20)9-4-3-8(12)11(10(9)13)15(17)18/h3-4,7,16H,5-6H2,1-2H3. The molecule has 21 heavy (non-hydrogen) atoms. The number of nitro groups is 1. The van der Waals surface area contributed by atoms with E-state index in [9.17, 15) is 18.5 Å². The van der Waals surface area contributed by atoms with E-state index in [0.717, 1.165) is 16.4 Å². The van der Waals surface area contributed by atoms with Gasteiger partial charge in [-0.25, -0.2) is 8.42 Å². The molecule has 1 N–H and O–H groups in total. The smallest absolute Gasteiger partial charge is 0.307 e. The largest absolute Gasteiger partial charge is 0.395 e. The van der Waals surface area contributed by atoms with Gasteiger partial charge in [0.15, 0.2) is 0 Å². The molecule has 0 radical (unpaired) electrons. The molecule has 0 atom stereocenters. The van der Waals surface area contributed by atoms with Gasteiger partial charge in [0, 0.05) is 12.6 Å². The Kier molecular flexibility index (Phi) is 5.94. The third-order valence-corrected chi connectivity index (χ3v) is 5.61. The maximum absolute atomic E-state index is 12.5. The lowest BCUT2D eigenvalue weighted by atomic mass is 10.3. The maximum Gasteiger partial charge on any atom is 0.307 e. The SMILES string of the molecule is CC(C)N(CCO)S(=O)(=O)c1ccc(Cl)c([N+](=O)[O-])c1Cl. The van der Waals surface area contributed by atoms with Crippen molar-refractivity contribution in [3.05, 3.63) is 32.3 Å². The van der Waals surface area contributed by atoms with E-state index in [4.69, 9.17) is 28.3 Å². The third-order valence-electron chi connectivity index (χ3n) is 2.70. The Bertz CT molecular complexity index is 648. The molecule has 0 aliphatic heterocycles. The van der Waals surface area contributed by atoms with E-state index in [1.54, 1.807) is 13.8 Å². The number of aliphatic hydroxyl groups excluding tert-OH is 1. The van der Waals surface area contributed by atoms with Crippen LogP contribution in [0.2, 0.25) is 10.0 Å². The van der Waals surface area contributed by atoms with Crippen LogP contribution in [0, 0.1) is 10.1 Å². The fourth-order valence-corrected chi connectivity index (χ4v) is 4.26. The van der Waals surface area contributed by atoms with Crippen LogP contribution >= 0.6 is 23.2 Å². The second kappa shape index (κ2) is 6.89. The van der Waals surface area contributed by atoms with Crippen molar-refractivity contribution in [3.63, 3.8) is 0 Å². The monoisotopic (exact) mass is 356 g/mol. The van der Waals surface area contributed by atoms with Gasteiger partial charge < -0.3 is 5.11 Å². The van der Waals surface area contributed by atoms with Crippen LogP contribution in [0.25, 0.3) is 0 Å². The van der Waals surface area contributed by atoms with Crippen LogP contribution in [0.4, 0.5) is 5.69 Å². The van der Waals surface area contributed by atoms with Gasteiger partial charge in [-0.2, -0.15) is 4.31 Å². The molecule has 1 aromatic carbocycles. The number of benzene rings is 1. The number of halogens is 2. The van der Waals surface area contributed by atoms with Crippen molar-refractivity contribution < 1.29 is 18.4 Å². The van der Waals surface area contributed by atoms with E-state index in [1.807, 2.05) is 0 Å². The zero-order valence-electron chi connectivity index (χ0n) is 11.3. The third kappa shape index (κ3) is 3.64. The Morgan fingerprint density at radius 3 is 2.38 bits per heavy atom. The van der Waals surface area contributed by atoms with Crippen LogP contribution in [0.1, 0.15) is 13.8 Å². The molecule has 0 bridgehead atoms. The van der Waals surface area contributed by atoms with Crippen molar-refractivity contribution in [1.82, 2.24) is 4.31 Å². The summed E-state index contributed by atoms with van der Waals surface area (Å²) < 4.78 is 26.1. The topological polar surface area (TPSA) is 101 Å². The molecule has 0 aliphatic rings. The molecule has 0 spiro atoms. The van der Waals surface area contributed by atoms with Gasteiger partial charge in [-0.05, 0) is 26.0 Å². The molecule has 118 valence electrons. The lowest BCUT2D eigenvalue weighted by Gasteiger charge is -2.25. The molecule has 0 aromatic heterocycles. The van der Waals surface area contributed by atoms with Gasteiger partial charge in [-0.15, -0.1) is 0 Å². The highest BCUT2D eigenvalue weighted by molar-refractivity contribution is 7.89. The number of nitro benzene ring substituents is 1. The average molecular weight is 357 g/mol. The van der Waals surface area contributed by atoms with E-state index >= 15 is 0 Å². The summed E-state index contributed by atoms with van der Waals surface area (Å²) in [5, 5.41) is 19.1. The zero-order valence-corrected chi connectivity index (χ0v) is 13.6. The minimum atomic E-state index is -4.09. The highest BCUT2D eigenvalue weighted by atomic mass is 35.5. The average Bonchev–Trinajstić information content (AvgIpc) is 2.34. The molecule has 0 fully saturated rings. The summed E-state index contributed by atoms with van der Waals surface area (Å²) >= 11 is 11.5. The number of nitrogens with zero attached hydrogens (tertiary/aromatic N) is 2. The zero-order chi connectivity index (χ0) is 16.4. The van der Waals surface area contributed by atoms with Crippen LogP contribution in [0.15, 0.2) is 17.0 Å². The van der Waals surface area contributed by atoms with Crippen LogP contribution in [-0.4, -0.2) is 41.9 Å². The molecule has 7 nitrogen and oxygen atoms in total. The van der Waals surface area contributed by atoms with Crippen molar-refractivity contribution in [2.45, 2.75) is 24.8 Å². The molecular weight excluding hydrogens is 343 g/mol. The van der Waals surface area contributed by atoms with Gasteiger partial charge in [-0.3, -0.25) is 10.1 Å². The van der Waals surface area contributed by atoms with E-state index in [0.29, 0.717) is 0 Å². The highest BCUT2D eigenvalue weighted by Gasteiger charge is 2.33. The fourth-order valence-electron chi connectivity index (χ4n) is 1.77. The molecule has 0 aliphatic carbocycles. The van der Waals surface area contributed by atoms with Crippen molar-refractivity contribution in [1.29, 1.82) is 0 Å². The Morgan fingerprint density at radius 2 is 1.95 bits per heavy atom. The lowest BCUT2D eigenvalue weighted by Crippen LogP contribution is -2.39. The van der Waals surface area contributed by atoms with Crippen molar-refractivity contribution >= 4 is 38.9 Å². The summed E-state index contributed by atoms with van der Waals surface area (Å²) in [6, 6.07) is 1.77. The predicted octanol–water partition coefficient (Wildman–Crippen LogP) is 2.29. The molecule has 10 heteroatoms. The van der Waals surface area contributed by atoms with Crippen LogP contribution in [0.3, 0.4) is 0 Å². The van der Waals surface area contributed by atoms with Crippen molar-refractivity contribution in [2.75, 3.05) is 13.2 Å². The van der Waals surface area contributed by atoms with E-state index < -0.39 is 36.6 Å². The van der Waals surface area contributed by atoms with Crippen LogP contribution < -0.4 is 0 Å². The van der Waals surface area contributed by atoms with Gasteiger partial charge in [0.25, 0.3) is 0 Å². The van der Waals surface area contributed by atoms with Gasteiger partial charge in [0.1, 0.15) is 14.9 Å². The van der Waals surface area contributed by atoms with Gasteiger partial charge in [0.2, 0.25) is 10.0 Å². The van der Waals surface area contributed by atoms with E-state index in [-0.39, 0.29) is 18.2 Å². The first-order valence-electron chi connectivity index (χ1n) is 5.89. The minimum absolute atomic E-state index is 0.146. The minimum Gasteiger partial charge on any atom is -0.395 e. The molecule has 0 unspecified atom stereocenters. The molecule has 0 amide bonds. The van der Waals surface area contributed by atoms with Crippen LogP contribution in [0.5, 0.6) is 0 Å². The second-order valence-electron chi connectivity index (χ2n) is 4.40. The second-order valence-corrected chi connectivity index (χ2v) is 7.04. The number of sulfonamides is 1. The number of hydrogen-bond acceptors (Lipinski definition) is 5. The summed E-state index contributed by atoms with van der Waals surface area (Å²) in [5.41, 5.74) is -0.660. The first kappa shape index (κ1) is 18.1. The summed E-state index contributed by atoms with van der Waals surface area (Å²) in [4.78, 5) is 9.69. The molecule has 0 saturated carbocycles. The summed E-state index contributed by atoms with van der Waals surface area (Å²) in [7, 11) is -4.09. The molecule has 0 heterocycles. The normalized spacial score (nSPS) is 12.1. The van der Waals surface area contributed by atoms with E-state index in [2.05, 4.69) is 0 Å². The quantitative estimate of drug-likeness (QED) is 0.622. The Hall–Kier alpha value is -0.930. The highest BCUT2D eigenvalue weighted by Crippen LogP contribution is 2.38. The van der Waals surface area contributed by atoms with E-state index in [1.165, 1.54) is 0 Å². The first-order valence-corrected chi connectivity index (χ1v) is 8.09. The van der Waals surface area contributed by atoms with Crippen LogP contribution in [-0.2, 0) is 10.0 Å². The van der Waals surface area contributed by atoms with Gasteiger partial charge in [0.05, 0.1) is 11.5 Å². The molecule has 1 aromatic rings. The van der Waals surface area contributed by atoms with Crippen molar-refractivity contribution in [2.24, 2.45) is 0 Å². The Labute approximate surface area is 132 Å². The van der Waals surface area contributed by atoms with Gasteiger partial charge >= 0.3 is 5.69 Å². The first-order chi connectivity index (χ1) is 9.64. The van der Waals surface area contributed by atoms with Crippen molar-refractivity contribution in [3.8, 4) is 0 Å². The number of aliphatic hydroxyl groups is 1. The molecule has 0 saturated heterocycles. The summed E-state index contributed by atoms with van der Waals surface area (Å²) in [5.74, 6) is 0. The molecular formula is C11H14Cl2N2O5S. The predicted molar refractivity (Wildman–Crippen MR) is 79.2 cm³/mol. The van der Waals surface area contributed by atoms with Gasteiger partial charge in [-0.1, -0.05) is 23.2 Å². The Balaban J connectivity index is 3.52. The Morgan fingerprint density at radius 1 is 1.38 bits per heavy atom.